The predicted molar refractivity (Wildman–Crippen MR) is 109 cm³/mol. The van der Waals surface area contributed by atoms with E-state index < -0.39 is 0 Å². The van der Waals surface area contributed by atoms with Gasteiger partial charge >= 0.3 is 0 Å². The Morgan fingerprint density at radius 3 is 2.76 bits per heavy atom. The third kappa shape index (κ3) is 4.22. The fourth-order valence-electron chi connectivity index (χ4n) is 3.91. The molecule has 1 atom stereocenters. The normalized spacial score (nSPS) is 18.0. The van der Waals surface area contributed by atoms with Crippen molar-refractivity contribution < 1.29 is 4.79 Å². The molecule has 0 aliphatic carbocycles. The summed E-state index contributed by atoms with van der Waals surface area (Å²) in [5.41, 5.74) is 1.88. The standard InChI is InChI=1S/C21H27N7O/c1-3-28-18(10-11-22-28)21(29)27-13-7-12-26(14-17-8-5-4-6-9-17)19(15-27)20-23-16(2)24-25-20/h4-6,8-11,19H,3,7,12-15H2,1-2H3,(H,23,24,25). The number of rotatable bonds is 5. The number of benzene rings is 1. The van der Waals surface area contributed by atoms with E-state index in [2.05, 4.69) is 49.4 Å². The zero-order valence-electron chi connectivity index (χ0n) is 17.0. The molecule has 2 aromatic heterocycles. The minimum absolute atomic E-state index is 0.0168. The molecule has 1 aliphatic heterocycles. The fraction of sp³-hybridized carbons (Fsp3) is 0.429. The van der Waals surface area contributed by atoms with Crippen molar-refractivity contribution in [2.45, 2.75) is 39.4 Å². The van der Waals surface area contributed by atoms with Crippen LogP contribution in [0.4, 0.5) is 0 Å². The van der Waals surface area contributed by atoms with Crippen LogP contribution in [0.15, 0.2) is 42.6 Å². The maximum absolute atomic E-state index is 13.2. The Balaban J connectivity index is 1.61. The van der Waals surface area contributed by atoms with E-state index in [1.807, 2.05) is 24.8 Å². The van der Waals surface area contributed by atoms with Gasteiger partial charge in [0.05, 0.1) is 6.04 Å². The molecule has 3 aromatic rings. The first-order valence-electron chi connectivity index (χ1n) is 10.1. The van der Waals surface area contributed by atoms with Crippen LogP contribution in [0.3, 0.4) is 0 Å². The molecule has 1 saturated heterocycles. The molecule has 29 heavy (non-hydrogen) atoms. The highest BCUT2D eigenvalue weighted by Gasteiger charge is 2.32. The van der Waals surface area contributed by atoms with Crippen molar-refractivity contribution in [3.05, 3.63) is 65.5 Å². The van der Waals surface area contributed by atoms with Crippen molar-refractivity contribution in [2.75, 3.05) is 19.6 Å². The molecule has 8 heteroatoms. The van der Waals surface area contributed by atoms with Crippen LogP contribution in [-0.2, 0) is 13.1 Å². The Kier molecular flexibility index (Phi) is 5.71. The van der Waals surface area contributed by atoms with Crippen molar-refractivity contribution in [3.63, 3.8) is 0 Å². The Morgan fingerprint density at radius 1 is 1.21 bits per heavy atom. The van der Waals surface area contributed by atoms with E-state index in [1.54, 1.807) is 16.9 Å². The Morgan fingerprint density at radius 2 is 2.03 bits per heavy atom. The molecule has 1 N–H and O–H groups in total. The average Bonchev–Trinajstić information content (AvgIpc) is 3.34. The van der Waals surface area contributed by atoms with Gasteiger partial charge in [-0.05, 0) is 31.9 Å². The van der Waals surface area contributed by atoms with Crippen molar-refractivity contribution in [1.82, 2.24) is 34.8 Å². The molecule has 8 nitrogen and oxygen atoms in total. The van der Waals surface area contributed by atoms with Crippen LogP contribution < -0.4 is 0 Å². The number of carbonyl (C=O) groups is 1. The SMILES string of the molecule is CCn1nccc1C(=O)N1CCCN(Cc2ccccc2)C(c2n[nH]c(C)n2)C1. The summed E-state index contributed by atoms with van der Waals surface area (Å²) < 4.78 is 1.75. The summed E-state index contributed by atoms with van der Waals surface area (Å²) in [6.45, 7) is 7.50. The van der Waals surface area contributed by atoms with E-state index in [0.29, 0.717) is 25.3 Å². The van der Waals surface area contributed by atoms with Crippen molar-refractivity contribution in [3.8, 4) is 0 Å². The number of aryl methyl sites for hydroxylation is 2. The first-order valence-corrected chi connectivity index (χ1v) is 10.1. The summed E-state index contributed by atoms with van der Waals surface area (Å²) in [4.78, 5) is 22.1. The van der Waals surface area contributed by atoms with Gasteiger partial charge in [0, 0.05) is 38.9 Å². The number of amides is 1. The highest BCUT2D eigenvalue weighted by atomic mass is 16.2. The maximum atomic E-state index is 13.2. The van der Waals surface area contributed by atoms with Crippen LogP contribution in [0, 0.1) is 6.92 Å². The Bertz CT molecular complexity index is 949. The van der Waals surface area contributed by atoms with Gasteiger partial charge in [-0.2, -0.15) is 10.2 Å². The van der Waals surface area contributed by atoms with E-state index >= 15 is 0 Å². The summed E-state index contributed by atoms with van der Waals surface area (Å²) in [5.74, 6) is 1.54. The second-order valence-electron chi connectivity index (χ2n) is 7.39. The molecule has 1 amide bonds. The minimum atomic E-state index is -0.0652. The molecule has 3 heterocycles. The fourth-order valence-corrected chi connectivity index (χ4v) is 3.91. The minimum Gasteiger partial charge on any atom is -0.335 e. The van der Waals surface area contributed by atoms with E-state index in [1.165, 1.54) is 5.56 Å². The first kappa shape index (κ1) is 19.3. The summed E-state index contributed by atoms with van der Waals surface area (Å²) in [6, 6.07) is 12.1. The smallest absolute Gasteiger partial charge is 0.272 e. The number of aromatic nitrogens is 5. The second-order valence-corrected chi connectivity index (χ2v) is 7.39. The molecule has 0 bridgehead atoms. The summed E-state index contributed by atoms with van der Waals surface area (Å²) in [5, 5.41) is 11.6. The van der Waals surface area contributed by atoms with Crippen molar-refractivity contribution in [1.29, 1.82) is 0 Å². The molecule has 0 spiro atoms. The van der Waals surface area contributed by atoms with Crippen LogP contribution in [0.2, 0.25) is 0 Å². The van der Waals surface area contributed by atoms with Gasteiger partial charge in [0.2, 0.25) is 0 Å². The van der Waals surface area contributed by atoms with Crippen LogP contribution >= 0.6 is 0 Å². The Labute approximate surface area is 170 Å². The number of H-pyrrole nitrogens is 1. The molecule has 4 rings (SSSR count). The van der Waals surface area contributed by atoms with Gasteiger partial charge < -0.3 is 4.90 Å². The monoisotopic (exact) mass is 393 g/mol. The lowest BCUT2D eigenvalue weighted by atomic mass is 10.1. The third-order valence-corrected chi connectivity index (χ3v) is 5.37. The number of hydrogen-bond donors (Lipinski definition) is 1. The van der Waals surface area contributed by atoms with Gasteiger partial charge in [-0.3, -0.25) is 19.5 Å². The van der Waals surface area contributed by atoms with Crippen LogP contribution in [0.1, 0.15) is 47.1 Å². The molecule has 0 radical (unpaired) electrons. The lowest BCUT2D eigenvalue weighted by molar-refractivity contribution is 0.0714. The molecule has 152 valence electrons. The number of nitrogens with zero attached hydrogens (tertiary/aromatic N) is 6. The lowest BCUT2D eigenvalue weighted by Crippen LogP contribution is -2.38. The zero-order chi connectivity index (χ0) is 20.2. The van der Waals surface area contributed by atoms with E-state index in [-0.39, 0.29) is 11.9 Å². The topological polar surface area (TPSA) is 82.9 Å². The third-order valence-electron chi connectivity index (χ3n) is 5.37. The van der Waals surface area contributed by atoms with Gasteiger partial charge in [0.1, 0.15) is 11.5 Å². The summed E-state index contributed by atoms with van der Waals surface area (Å²) in [7, 11) is 0. The average molecular weight is 393 g/mol. The van der Waals surface area contributed by atoms with Crippen molar-refractivity contribution in [2.24, 2.45) is 0 Å². The molecule has 1 aliphatic rings. The van der Waals surface area contributed by atoms with Gasteiger partial charge in [0.25, 0.3) is 5.91 Å². The predicted octanol–water partition coefficient (Wildman–Crippen LogP) is 2.42. The zero-order valence-corrected chi connectivity index (χ0v) is 17.0. The lowest BCUT2D eigenvalue weighted by Gasteiger charge is -2.30. The maximum Gasteiger partial charge on any atom is 0.272 e. The highest BCUT2D eigenvalue weighted by molar-refractivity contribution is 5.92. The molecule has 1 fully saturated rings. The van der Waals surface area contributed by atoms with Crippen LogP contribution in [-0.4, -0.2) is 60.3 Å². The van der Waals surface area contributed by atoms with E-state index in [0.717, 1.165) is 31.2 Å². The first-order chi connectivity index (χ1) is 14.2. The summed E-state index contributed by atoms with van der Waals surface area (Å²) in [6.07, 6.45) is 2.59. The number of nitrogens with one attached hydrogen (secondary N) is 1. The second kappa shape index (κ2) is 8.57. The largest absolute Gasteiger partial charge is 0.335 e. The van der Waals surface area contributed by atoms with E-state index in [9.17, 15) is 4.79 Å². The molecule has 1 aromatic carbocycles. The quantitative estimate of drug-likeness (QED) is 0.720. The van der Waals surface area contributed by atoms with Gasteiger partial charge in [-0.15, -0.1) is 0 Å². The summed E-state index contributed by atoms with van der Waals surface area (Å²) >= 11 is 0. The number of carbonyl (C=O) groups excluding carboxylic acids is 1. The number of hydrogen-bond acceptors (Lipinski definition) is 5. The van der Waals surface area contributed by atoms with Crippen LogP contribution in [0.5, 0.6) is 0 Å². The molecule has 1 unspecified atom stereocenters. The van der Waals surface area contributed by atoms with Gasteiger partial charge in [-0.25, -0.2) is 4.98 Å². The molecular formula is C21H27N7O. The number of aromatic amines is 1. The van der Waals surface area contributed by atoms with E-state index in [4.69, 9.17) is 0 Å². The van der Waals surface area contributed by atoms with Crippen LogP contribution in [0.25, 0.3) is 0 Å². The van der Waals surface area contributed by atoms with Gasteiger partial charge in [0.15, 0.2) is 5.82 Å². The highest BCUT2D eigenvalue weighted by Crippen LogP contribution is 2.25. The van der Waals surface area contributed by atoms with Gasteiger partial charge in [-0.1, -0.05) is 30.3 Å². The molecular weight excluding hydrogens is 366 g/mol. The Hall–Kier alpha value is -3.00. The molecule has 0 saturated carbocycles. The van der Waals surface area contributed by atoms with Crippen molar-refractivity contribution >= 4 is 5.91 Å².